The number of H-pyrrole nitrogens is 1. The van der Waals surface area contributed by atoms with Gasteiger partial charge in [0, 0.05) is 23.4 Å². The Labute approximate surface area is 195 Å². The number of alkyl halides is 1. The van der Waals surface area contributed by atoms with Crippen LogP contribution in [0.15, 0.2) is 24.3 Å². The molecule has 0 bridgehead atoms. The molecule has 2 aromatic rings. The van der Waals surface area contributed by atoms with E-state index < -0.39 is 23.9 Å². The number of nitrogens with one attached hydrogen (secondary N) is 4. The fraction of sp³-hybridized carbons (Fsp3) is 0.478. The monoisotopic (exact) mass is 474 g/mol. The highest BCUT2D eigenvalue weighted by atomic mass is 35.5. The third-order valence-electron chi connectivity index (χ3n) is 6.27. The van der Waals surface area contributed by atoms with Gasteiger partial charge in [-0.25, -0.2) is 0 Å². The molecule has 1 aromatic heterocycles. The molecule has 1 aliphatic carbocycles. The topological polar surface area (TPSA) is 129 Å². The second-order valence-electron chi connectivity index (χ2n) is 8.57. The van der Waals surface area contributed by atoms with Crippen molar-refractivity contribution < 1.29 is 23.9 Å². The minimum atomic E-state index is -0.876. The molecule has 4 N–H and O–H groups in total. The number of ether oxygens (including phenoxy) is 1. The van der Waals surface area contributed by atoms with Gasteiger partial charge in [0.1, 0.15) is 17.5 Å². The van der Waals surface area contributed by atoms with Crippen molar-refractivity contribution in [2.75, 3.05) is 19.5 Å². The molecule has 176 valence electrons. The second-order valence-corrected chi connectivity index (χ2v) is 8.83. The van der Waals surface area contributed by atoms with Crippen molar-refractivity contribution >= 4 is 46.0 Å². The summed E-state index contributed by atoms with van der Waals surface area (Å²) in [6.07, 6.45) is 2.40. The van der Waals surface area contributed by atoms with Crippen molar-refractivity contribution in [3.8, 4) is 5.75 Å². The Morgan fingerprint density at radius 1 is 1.21 bits per heavy atom. The van der Waals surface area contributed by atoms with E-state index in [-0.39, 0.29) is 35.8 Å². The third kappa shape index (κ3) is 5.13. The average Bonchev–Trinajstić information content (AvgIpc) is 3.43. The largest absolute Gasteiger partial charge is 0.496 e. The number of carbonyl (C=O) groups excluding carboxylic acids is 4. The van der Waals surface area contributed by atoms with Crippen LogP contribution in [0, 0.1) is 11.8 Å². The number of ketones is 1. The van der Waals surface area contributed by atoms with Crippen LogP contribution in [0.5, 0.6) is 5.75 Å². The van der Waals surface area contributed by atoms with E-state index in [0.717, 1.165) is 23.7 Å². The first kappa shape index (κ1) is 23.1. The van der Waals surface area contributed by atoms with E-state index in [4.69, 9.17) is 16.3 Å². The third-order valence-corrected chi connectivity index (χ3v) is 6.53. The highest BCUT2D eigenvalue weighted by Gasteiger charge is 2.39. The van der Waals surface area contributed by atoms with Crippen molar-refractivity contribution in [2.45, 2.75) is 37.8 Å². The maximum Gasteiger partial charge on any atom is 0.268 e. The van der Waals surface area contributed by atoms with Gasteiger partial charge in [-0.05, 0) is 49.8 Å². The minimum absolute atomic E-state index is 0.00519. The van der Waals surface area contributed by atoms with E-state index in [1.165, 1.54) is 0 Å². The number of aromatic nitrogens is 1. The fourth-order valence-corrected chi connectivity index (χ4v) is 4.44. The lowest BCUT2D eigenvalue weighted by atomic mass is 9.95. The van der Waals surface area contributed by atoms with Crippen LogP contribution >= 0.6 is 11.6 Å². The highest BCUT2D eigenvalue weighted by Crippen LogP contribution is 2.33. The summed E-state index contributed by atoms with van der Waals surface area (Å²) in [4.78, 5) is 53.4. The maximum atomic E-state index is 13.1. The molecule has 9 nitrogen and oxygen atoms in total. The number of hydrogen-bond acceptors (Lipinski definition) is 5. The van der Waals surface area contributed by atoms with E-state index in [9.17, 15) is 19.2 Å². The number of halogens is 1. The molecule has 2 heterocycles. The van der Waals surface area contributed by atoms with E-state index in [1.54, 1.807) is 19.2 Å². The van der Waals surface area contributed by atoms with Crippen LogP contribution in [0.3, 0.4) is 0 Å². The van der Waals surface area contributed by atoms with Gasteiger partial charge in [0.2, 0.25) is 11.8 Å². The van der Waals surface area contributed by atoms with Crippen molar-refractivity contribution in [1.82, 2.24) is 20.9 Å². The molecule has 0 radical (unpaired) electrons. The predicted molar refractivity (Wildman–Crippen MR) is 122 cm³/mol. The first-order chi connectivity index (χ1) is 15.9. The summed E-state index contributed by atoms with van der Waals surface area (Å²) in [5, 5.41) is 9.05. The van der Waals surface area contributed by atoms with E-state index >= 15 is 0 Å². The van der Waals surface area contributed by atoms with E-state index in [1.807, 2.05) is 12.1 Å². The van der Waals surface area contributed by atoms with E-state index in [2.05, 4.69) is 20.9 Å². The molecule has 1 saturated carbocycles. The van der Waals surface area contributed by atoms with Crippen LogP contribution in [0.4, 0.5) is 0 Å². The Kier molecular flexibility index (Phi) is 6.88. The van der Waals surface area contributed by atoms with Gasteiger partial charge in [-0.2, -0.15) is 0 Å². The molecule has 2 fully saturated rings. The van der Waals surface area contributed by atoms with Crippen molar-refractivity contribution in [1.29, 1.82) is 0 Å². The number of Topliss-reactive ketones (excluding diaryl/α,β-unsaturated/α-hetero) is 1. The lowest BCUT2D eigenvalue weighted by molar-refractivity contribution is -0.129. The number of carbonyl (C=O) groups is 4. The minimum Gasteiger partial charge on any atom is -0.496 e. The van der Waals surface area contributed by atoms with Crippen molar-refractivity contribution in [3.63, 3.8) is 0 Å². The molecule has 0 spiro atoms. The molecule has 2 aliphatic rings. The van der Waals surface area contributed by atoms with Crippen LogP contribution in [-0.4, -0.2) is 60.1 Å². The zero-order valence-electron chi connectivity index (χ0n) is 18.3. The number of rotatable bonds is 10. The number of benzene rings is 1. The van der Waals surface area contributed by atoms with Gasteiger partial charge in [-0.15, -0.1) is 11.6 Å². The molecule has 3 atom stereocenters. The molecular formula is C23H27ClN4O5. The Balaban J connectivity index is 1.47. The first-order valence-corrected chi connectivity index (χ1v) is 11.6. The van der Waals surface area contributed by atoms with Gasteiger partial charge in [-0.3, -0.25) is 19.2 Å². The number of fused-ring (bicyclic) bond motifs is 1. The number of methoxy groups -OCH3 is 1. The van der Waals surface area contributed by atoms with Gasteiger partial charge in [0.15, 0.2) is 5.78 Å². The molecule has 33 heavy (non-hydrogen) atoms. The summed E-state index contributed by atoms with van der Waals surface area (Å²) in [6, 6.07) is 5.48. The molecule has 1 aromatic carbocycles. The summed E-state index contributed by atoms with van der Waals surface area (Å²) in [7, 11) is 1.56. The second kappa shape index (κ2) is 9.82. The number of aromatic amines is 1. The summed E-state index contributed by atoms with van der Waals surface area (Å²) in [6.45, 7) is 0.551. The van der Waals surface area contributed by atoms with Crippen LogP contribution in [-0.2, 0) is 14.4 Å². The molecular weight excluding hydrogens is 448 g/mol. The molecule has 4 rings (SSSR count). The molecule has 1 aliphatic heterocycles. The fourth-order valence-electron chi connectivity index (χ4n) is 4.25. The molecule has 3 amide bonds. The Hall–Kier alpha value is -3.07. The lowest BCUT2D eigenvalue weighted by Crippen LogP contribution is -2.53. The summed E-state index contributed by atoms with van der Waals surface area (Å²) >= 11 is 5.75. The number of amides is 3. The summed E-state index contributed by atoms with van der Waals surface area (Å²) in [5.41, 5.74) is 1.05. The zero-order valence-corrected chi connectivity index (χ0v) is 19.0. The Bertz CT molecular complexity index is 1080. The first-order valence-electron chi connectivity index (χ1n) is 11.0. The molecule has 1 saturated heterocycles. The average molecular weight is 475 g/mol. The smallest absolute Gasteiger partial charge is 0.268 e. The van der Waals surface area contributed by atoms with E-state index in [0.29, 0.717) is 24.4 Å². The van der Waals surface area contributed by atoms with Gasteiger partial charge in [-0.1, -0.05) is 6.07 Å². The molecule has 10 heteroatoms. The van der Waals surface area contributed by atoms with Crippen molar-refractivity contribution in [2.24, 2.45) is 11.8 Å². The van der Waals surface area contributed by atoms with Crippen LogP contribution in [0.25, 0.3) is 10.9 Å². The highest BCUT2D eigenvalue weighted by molar-refractivity contribution is 6.28. The quantitative estimate of drug-likeness (QED) is 0.388. The standard InChI is InChI=1S/C23H27ClN4O5/c1-33-19-4-2-3-15-14(19)10-17(26-15)22(31)28-20(12-5-6-12)23(32)27-16(18(29)11-24)9-13-7-8-25-21(13)30/h2-4,10,12-13,16,20,26H,5-9,11H2,1H3,(H,25,30)(H,27,32)(H,28,31)/t13-,16-,20-/m0/s1. The van der Waals surface area contributed by atoms with Crippen LogP contribution in [0.2, 0.25) is 0 Å². The zero-order chi connectivity index (χ0) is 23.5. The molecule has 0 unspecified atom stereocenters. The lowest BCUT2D eigenvalue weighted by Gasteiger charge is -2.23. The van der Waals surface area contributed by atoms with Crippen LogP contribution in [0.1, 0.15) is 36.2 Å². The van der Waals surface area contributed by atoms with Gasteiger partial charge >= 0.3 is 0 Å². The summed E-state index contributed by atoms with van der Waals surface area (Å²) < 4.78 is 5.34. The Morgan fingerprint density at radius 3 is 2.64 bits per heavy atom. The van der Waals surface area contributed by atoms with Crippen molar-refractivity contribution in [3.05, 3.63) is 30.0 Å². The van der Waals surface area contributed by atoms with Gasteiger partial charge in [0.05, 0.1) is 19.0 Å². The number of hydrogen-bond donors (Lipinski definition) is 4. The predicted octanol–water partition coefficient (Wildman–Crippen LogP) is 1.50. The van der Waals surface area contributed by atoms with Gasteiger partial charge in [0.25, 0.3) is 5.91 Å². The SMILES string of the molecule is COc1cccc2[nH]c(C(=O)N[C@H](C(=O)N[C@@H](C[C@@H]3CCNC3=O)C(=O)CCl)C3CC3)cc12. The normalized spacial score (nSPS) is 19.6. The summed E-state index contributed by atoms with van der Waals surface area (Å²) in [5.74, 6) is -1.33. The van der Waals surface area contributed by atoms with Crippen LogP contribution < -0.4 is 20.7 Å². The maximum absolute atomic E-state index is 13.1. The van der Waals surface area contributed by atoms with Gasteiger partial charge < -0.3 is 25.7 Å². The Morgan fingerprint density at radius 2 is 2.00 bits per heavy atom.